The van der Waals surface area contributed by atoms with Crippen molar-refractivity contribution in [2.45, 2.75) is 13.5 Å². The summed E-state index contributed by atoms with van der Waals surface area (Å²) in [5, 5.41) is 7.32. The lowest BCUT2D eigenvalue weighted by molar-refractivity contribution is 0.747. The van der Waals surface area contributed by atoms with Crippen LogP contribution in [-0.4, -0.2) is 24.7 Å². The van der Waals surface area contributed by atoms with Crippen LogP contribution >= 0.6 is 12.2 Å². The first-order chi connectivity index (χ1) is 8.54. The monoisotopic (exact) mass is 262 g/mol. The Kier molecular flexibility index (Phi) is 3.52. The van der Waals surface area contributed by atoms with Crippen LogP contribution in [0, 0.1) is 6.92 Å². The number of nitrogens with zero attached hydrogens (tertiary/aromatic N) is 4. The SMILES string of the molecule is Cc1cc(C(N)=S)cc(NCc2ncn(C)n2)n1. The van der Waals surface area contributed by atoms with Crippen molar-refractivity contribution < 1.29 is 0 Å². The number of hydrogen-bond donors (Lipinski definition) is 2. The molecule has 2 aromatic heterocycles. The third-order valence-corrected chi connectivity index (χ3v) is 2.55. The molecule has 0 aliphatic carbocycles. The van der Waals surface area contributed by atoms with E-state index in [1.54, 1.807) is 11.0 Å². The number of pyridine rings is 1. The van der Waals surface area contributed by atoms with Gasteiger partial charge in [0.25, 0.3) is 0 Å². The minimum absolute atomic E-state index is 0.361. The fraction of sp³-hybridized carbons (Fsp3) is 0.273. The molecule has 6 nitrogen and oxygen atoms in total. The Morgan fingerprint density at radius 1 is 1.50 bits per heavy atom. The van der Waals surface area contributed by atoms with Gasteiger partial charge in [0.1, 0.15) is 17.1 Å². The summed E-state index contributed by atoms with van der Waals surface area (Å²) in [6.45, 7) is 2.40. The van der Waals surface area contributed by atoms with E-state index in [1.807, 2.05) is 26.1 Å². The van der Waals surface area contributed by atoms with Gasteiger partial charge in [-0.25, -0.2) is 9.97 Å². The Bertz CT molecular complexity index is 577. The molecule has 0 saturated carbocycles. The maximum absolute atomic E-state index is 5.61. The lowest BCUT2D eigenvalue weighted by atomic mass is 10.2. The largest absolute Gasteiger partial charge is 0.389 e. The van der Waals surface area contributed by atoms with Crippen molar-refractivity contribution in [3.8, 4) is 0 Å². The predicted molar refractivity (Wildman–Crippen MR) is 73.2 cm³/mol. The predicted octanol–water partition coefficient (Wildman–Crippen LogP) is 0.765. The first kappa shape index (κ1) is 12.4. The van der Waals surface area contributed by atoms with Crippen LogP contribution in [0.3, 0.4) is 0 Å². The molecule has 0 saturated heterocycles. The van der Waals surface area contributed by atoms with E-state index in [9.17, 15) is 0 Å². The third kappa shape index (κ3) is 3.01. The molecule has 0 atom stereocenters. The zero-order chi connectivity index (χ0) is 13.1. The highest BCUT2D eigenvalue weighted by Gasteiger charge is 2.04. The molecule has 3 N–H and O–H groups in total. The number of nitrogens with one attached hydrogen (secondary N) is 1. The molecule has 0 amide bonds. The number of thiocarbonyl (C=S) groups is 1. The Morgan fingerprint density at radius 3 is 2.89 bits per heavy atom. The summed E-state index contributed by atoms with van der Waals surface area (Å²) in [6, 6.07) is 3.67. The molecule has 0 bridgehead atoms. The minimum atomic E-state index is 0.361. The molecule has 0 fully saturated rings. The van der Waals surface area contributed by atoms with Crippen LogP contribution in [0.5, 0.6) is 0 Å². The Balaban J connectivity index is 2.11. The van der Waals surface area contributed by atoms with E-state index >= 15 is 0 Å². The van der Waals surface area contributed by atoms with Crippen molar-refractivity contribution in [1.82, 2.24) is 19.7 Å². The van der Waals surface area contributed by atoms with Crippen molar-refractivity contribution in [1.29, 1.82) is 0 Å². The summed E-state index contributed by atoms with van der Waals surface area (Å²) in [4.78, 5) is 8.83. The molecule has 0 aliphatic rings. The van der Waals surface area contributed by atoms with Crippen LogP contribution in [0.1, 0.15) is 17.1 Å². The second-order valence-corrected chi connectivity index (χ2v) is 4.37. The smallest absolute Gasteiger partial charge is 0.169 e. The van der Waals surface area contributed by atoms with E-state index in [4.69, 9.17) is 18.0 Å². The number of rotatable bonds is 4. The van der Waals surface area contributed by atoms with Gasteiger partial charge < -0.3 is 11.1 Å². The molecular formula is C11H14N6S. The molecule has 2 heterocycles. The van der Waals surface area contributed by atoms with Crippen LogP contribution in [0.25, 0.3) is 0 Å². The lowest BCUT2D eigenvalue weighted by Gasteiger charge is -2.07. The van der Waals surface area contributed by atoms with Gasteiger partial charge >= 0.3 is 0 Å². The first-order valence-corrected chi connectivity index (χ1v) is 5.82. The number of aryl methyl sites for hydroxylation is 2. The summed E-state index contributed by atoms with van der Waals surface area (Å²) >= 11 is 4.96. The Labute approximate surface area is 110 Å². The van der Waals surface area contributed by atoms with Gasteiger partial charge in [-0.15, -0.1) is 0 Å². The normalized spacial score (nSPS) is 10.3. The molecule has 0 unspecified atom stereocenters. The molecule has 0 aromatic carbocycles. The molecule has 18 heavy (non-hydrogen) atoms. The maximum Gasteiger partial charge on any atom is 0.169 e. The van der Waals surface area contributed by atoms with Gasteiger partial charge in [-0.3, -0.25) is 4.68 Å². The molecule has 94 valence electrons. The number of hydrogen-bond acceptors (Lipinski definition) is 5. The van der Waals surface area contributed by atoms with E-state index < -0.39 is 0 Å². The summed E-state index contributed by atoms with van der Waals surface area (Å²) in [5.41, 5.74) is 7.27. The van der Waals surface area contributed by atoms with E-state index in [0.717, 1.165) is 11.3 Å². The third-order valence-electron chi connectivity index (χ3n) is 2.31. The van der Waals surface area contributed by atoms with Crippen molar-refractivity contribution in [3.63, 3.8) is 0 Å². The number of nitrogens with two attached hydrogens (primary N) is 1. The summed E-state index contributed by atoms with van der Waals surface area (Å²) in [7, 11) is 1.83. The van der Waals surface area contributed by atoms with Crippen LogP contribution in [0.2, 0.25) is 0 Å². The average molecular weight is 262 g/mol. The zero-order valence-electron chi connectivity index (χ0n) is 10.2. The second-order valence-electron chi connectivity index (χ2n) is 3.93. The quantitative estimate of drug-likeness (QED) is 0.792. The number of anilines is 1. The van der Waals surface area contributed by atoms with Crippen molar-refractivity contribution >= 4 is 23.0 Å². The molecule has 2 aromatic rings. The van der Waals surface area contributed by atoms with Gasteiger partial charge in [-0.2, -0.15) is 5.10 Å². The van der Waals surface area contributed by atoms with Gasteiger partial charge in [0.2, 0.25) is 0 Å². The highest BCUT2D eigenvalue weighted by Crippen LogP contribution is 2.10. The maximum atomic E-state index is 5.61. The zero-order valence-corrected chi connectivity index (χ0v) is 11.0. The van der Waals surface area contributed by atoms with E-state index in [1.165, 1.54) is 0 Å². The van der Waals surface area contributed by atoms with Crippen LogP contribution < -0.4 is 11.1 Å². The highest BCUT2D eigenvalue weighted by atomic mass is 32.1. The van der Waals surface area contributed by atoms with E-state index in [0.29, 0.717) is 23.2 Å². The molecular weight excluding hydrogens is 248 g/mol. The Morgan fingerprint density at radius 2 is 2.28 bits per heavy atom. The van der Waals surface area contributed by atoms with Crippen LogP contribution in [0.15, 0.2) is 18.5 Å². The first-order valence-electron chi connectivity index (χ1n) is 5.41. The molecule has 0 radical (unpaired) electrons. The fourth-order valence-electron chi connectivity index (χ4n) is 1.54. The van der Waals surface area contributed by atoms with Crippen molar-refractivity contribution in [3.05, 3.63) is 35.5 Å². The molecule has 2 rings (SSSR count). The van der Waals surface area contributed by atoms with Crippen molar-refractivity contribution in [2.24, 2.45) is 12.8 Å². The van der Waals surface area contributed by atoms with Crippen LogP contribution in [-0.2, 0) is 13.6 Å². The topological polar surface area (TPSA) is 81.6 Å². The fourth-order valence-corrected chi connectivity index (χ4v) is 1.65. The molecule has 0 aliphatic heterocycles. The lowest BCUT2D eigenvalue weighted by Crippen LogP contribution is -2.12. The summed E-state index contributed by atoms with van der Waals surface area (Å²) < 4.78 is 1.65. The molecule has 7 heteroatoms. The van der Waals surface area contributed by atoms with Gasteiger partial charge in [-0.05, 0) is 19.1 Å². The second kappa shape index (κ2) is 5.09. The van der Waals surface area contributed by atoms with Crippen molar-refractivity contribution in [2.75, 3.05) is 5.32 Å². The summed E-state index contributed by atoms with van der Waals surface area (Å²) in [5.74, 6) is 1.42. The van der Waals surface area contributed by atoms with Crippen LogP contribution in [0.4, 0.5) is 5.82 Å². The Hall–Kier alpha value is -2.02. The van der Waals surface area contributed by atoms with Gasteiger partial charge in [0.05, 0.1) is 6.54 Å². The van der Waals surface area contributed by atoms with E-state index in [2.05, 4.69) is 20.4 Å². The highest BCUT2D eigenvalue weighted by molar-refractivity contribution is 7.80. The number of aromatic nitrogens is 4. The van der Waals surface area contributed by atoms with Gasteiger partial charge in [-0.1, -0.05) is 12.2 Å². The van der Waals surface area contributed by atoms with Gasteiger partial charge in [0, 0.05) is 18.3 Å². The summed E-state index contributed by atoms with van der Waals surface area (Å²) in [6.07, 6.45) is 1.65. The molecule has 0 spiro atoms. The van der Waals surface area contributed by atoms with E-state index in [-0.39, 0.29) is 0 Å². The minimum Gasteiger partial charge on any atom is -0.389 e. The average Bonchev–Trinajstić information content (AvgIpc) is 2.72. The standard InChI is InChI=1S/C11H14N6S/c1-7-3-8(11(12)18)4-9(15-7)13-5-10-14-6-17(2)16-10/h3-4,6H,5H2,1-2H3,(H2,12,18)(H,13,15). The van der Waals surface area contributed by atoms with Gasteiger partial charge in [0.15, 0.2) is 5.82 Å².